The molecule has 1 N–H and O–H groups in total. The van der Waals surface area contributed by atoms with Crippen LogP contribution >= 0.6 is 24.0 Å². The van der Waals surface area contributed by atoms with E-state index in [9.17, 15) is 0 Å². The highest BCUT2D eigenvalue weighted by molar-refractivity contribution is 14.0. The fraction of sp³-hybridized carbons (Fsp3) is 0.423. The van der Waals surface area contributed by atoms with E-state index in [-0.39, 0.29) is 24.0 Å². The van der Waals surface area contributed by atoms with Crippen molar-refractivity contribution < 1.29 is 4.74 Å². The van der Waals surface area contributed by atoms with Gasteiger partial charge in [0.1, 0.15) is 0 Å². The molecule has 0 aliphatic carbocycles. The Morgan fingerprint density at radius 1 is 1.15 bits per heavy atom. The Hall–Kier alpha value is -2.46. The van der Waals surface area contributed by atoms with Crippen LogP contribution in [-0.2, 0) is 17.9 Å². The summed E-state index contributed by atoms with van der Waals surface area (Å²) in [6.45, 7) is 11.0. The van der Waals surface area contributed by atoms with Crippen LogP contribution in [0.5, 0.6) is 0 Å². The Balaban J connectivity index is 0.00000324. The van der Waals surface area contributed by atoms with Gasteiger partial charge in [-0.3, -0.25) is 0 Å². The Kier molecular flexibility index (Phi) is 9.88. The second-order valence-electron chi connectivity index (χ2n) is 8.64. The summed E-state index contributed by atoms with van der Waals surface area (Å²) in [6, 6.07) is 16.5. The average molecular weight is 575 g/mol. The molecule has 0 saturated carbocycles. The van der Waals surface area contributed by atoms with Crippen LogP contribution in [0.25, 0.3) is 5.82 Å². The van der Waals surface area contributed by atoms with E-state index in [2.05, 4.69) is 63.6 Å². The van der Waals surface area contributed by atoms with Gasteiger partial charge in [0.15, 0.2) is 11.8 Å². The molecule has 3 aromatic rings. The van der Waals surface area contributed by atoms with E-state index in [1.807, 2.05) is 36.9 Å². The van der Waals surface area contributed by atoms with Crippen LogP contribution in [0.2, 0.25) is 0 Å². The first-order chi connectivity index (χ1) is 16.1. The smallest absolute Gasteiger partial charge is 0.194 e. The number of pyridine rings is 1. The quantitative estimate of drug-likeness (QED) is 0.244. The molecule has 1 saturated heterocycles. The Labute approximate surface area is 219 Å². The molecule has 0 amide bonds. The number of halogens is 1. The minimum Gasteiger partial charge on any atom is -0.376 e. The van der Waals surface area contributed by atoms with Gasteiger partial charge in [-0.1, -0.05) is 36.4 Å². The van der Waals surface area contributed by atoms with Crippen LogP contribution in [0.1, 0.15) is 35.9 Å². The standard InChI is InChI=1S/C26H34N6O.HI/c1-4-27-26(31-13-12-24(17-31)19-33-18-22-8-6-5-7-9-22)29-16-23-10-11-25(28-15-23)32-21(3)14-20(2)30-32;/h5-11,14-15,24H,4,12-13,16-19H2,1-3H3,(H,27,29);1H. The first-order valence-electron chi connectivity index (χ1n) is 11.8. The maximum absolute atomic E-state index is 5.98. The summed E-state index contributed by atoms with van der Waals surface area (Å²) in [5.74, 6) is 2.32. The van der Waals surface area contributed by atoms with E-state index in [1.54, 1.807) is 0 Å². The topological polar surface area (TPSA) is 67.6 Å². The number of likely N-dealkylation sites (tertiary alicyclic amines) is 1. The van der Waals surface area contributed by atoms with Crippen LogP contribution in [0.4, 0.5) is 0 Å². The molecule has 34 heavy (non-hydrogen) atoms. The van der Waals surface area contributed by atoms with E-state index in [4.69, 9.17) is 9.73 Å². The lowest BCUT2D eigenvalue weighted by molar-refractivity contribution is 0.0906. The normalized spacial score (nSPS) is 15.9. The number of guanidine groups is 1. The molecular weight excluding hydrogens is 539 g/mol. The molecule has 1 aromatic carbocycles. The third-order valence-electron chi connectivity index (χ3n) is 5.83. The second kappa shape index (κ2) is 12.9. The first-order valence-corrected chi connectivity index (χ1v) is 11.8. The van der Waals surface area contributed by atoms with Crippen molar-refractivity contribution in [1.82, 2.24) is 25.0 Å². The number of hydrogen-bond acceptors (Lipinski definition) is 4. The molecule has 3 heterocycles. The highest BCUT2D eigenvalue weighted by atomic mass is 127. The molecule has 0 spiro atoms. The van der Waals surface area contributed by atoms with E-state index in [0.717, 1.165) is 61.4 Å². The maximum Gasteiger partial charge on any atom is 0.194 e. The molecule has 1 unspecified atom stereocenters. The fourth-order valence-electron chi connectivity index (χ4n) is 4.17. The predicted molar refractivity (Wildman–Crippen MR) is 147 cm³/mol. The SMILES string of the molecule is CCNC(=NCc1ccc(-n2nc(C)cc2C)nc1)N1CCC(COCc2ccccc2)C1.I. The summed E-state index contributed by atoms with van der Waals surface area (Å²) in [5.41, 5.74) is 4.38. The largest absolute Gasteiger partial charge is 0.376 e. The van der Waals surface area contributed by atoms with Crippen molar-refractivity contribution in [3.8, 4) is 5.82 Å². The van der Waals surface area contributed by atoms with Gasteiger partial charge in [0, 0.05) is 37.4 Å². The number of rotatable bonds is 8. The molecule has 2 aromatic heterocycles. The lowest BCUT2D eigenvalue weighted by atomic mass is 10.1. The summed E-state index contributed by atoms with van der Waals surface area (Å²) in [6.07, 6.45) is 3.02. The van der Waals surface area contributed by atoms with Crippen LogP contribution in [0.3, 0.4) is 0 Å². The zero-order valence-corrected chi connectivity index (χ0v) is 22.6. The number of aryl methyl sites for hydroxylation is 2. The fourth-order valence-corrected chi connectivity index (χ4v) is 4.17. The molecule has 0 bridgehead atoms. The van der Waals surface area contributed by atoms with Gasteiger partial charge < -0.3 is 15.0 Å². The van der Waals surface area contributed by atoms with Gasteiger partial charge >= 0.3 is 0 Å². The van der Waals surface area contributed by atoms with Gasteiger partial charge in [-0.15, -0.1) is 24.0 Å². The number of hydrogen-bond donors (Lipinski definition) is 1. The molecule has 4 rings (SSSR count). The molecule has 182 valence electrons. The maximum atomic E-state index is 5.98. The summed E-state index contributed by atoms with van der Waals surface area (Å²) in [7, 11) is 0. The highest BCUT2D eigenvalue weighted by Gasteiger charge is 2.25. The molecule has 1 fully saturated rings. The lowest BCUT2D eigenvalue weighted by Gasteiger charge is -2.21. The Bertz CT molecular complexity index is 1050. The molecule has 0 radical (unpaired) electrons. The van der Waals surface area contributed by atoms with Crippen molar-refractivity contribution in [3.63, 3.8) is 0 Å². The van der Waals surface area contributed by atoms with Crippen molar-refractivity contribution >= 4 is 29.9 Å². The van der Waals surface area contributed by atoms with Gasteiger partial charge in [0.05, 0.1) is 25.5 Å². The van der Waals surface area contributed by atoms with Gasteiger partial charge in [-0.05, 0) is 50.5 Å². The molecular formula is C26H35IN6O. The van der Waals surface area contributed by atoms with Crippen LogP contribution < -0.4 is 5.32 Å². The Morgan fingerprint density at radius 2 is 1.97 bits per heavy atom. The minimum atomic E-state index is 0. The summed E-state index contributed by atoms with van der Waals surface area (Å²) >= 11 is 0. The van der Waals surface area contributed by atoms with Crippen molar-refractivity contribution in [3.05, 3.63) is 77.2 Å². The van der Waals surface area contributed by atoms with Gasteiger partial charge in [-0.25, -0.2) is 14.7 Å². The zero-order chi connectivity index (χ0) is 23.0. The molecule has 8 heteroatoms. The number of aromatic nitrogens is 3. The van der Waals surface area contributed by atoms with Crippen molar-refractivity contribution in [2.75, 3.05) is 26.2 Å². The predicted octanol–water partition coefficient (Wildman–Crippen LogP) is 4.51. The van der Waals surface area contributed by atoms with Gasteiger partial charge in [0.25, 0.3) is 0 Å². The molecule has 7 nitrogen and oxygen atoms in total. The van der Waals surface area contributed by atoms with E-state index in [0.29, 0.717) is 19.1 Å². The second-order valence-corrected chi connectivity index (χ2v) is 8.64. The number of ether oxygens (including phenoxy) is 1. The minimum absolute atomic E-state index is 0. The monoisotopic (exact) mass is 574 g/mol. The van der Waals surface area contributed by atoms with Crippen molar-refractivity contribution in [2.45, 2.75) is 40.3 Å². The van der Waals surface area contributed by atoms with E-state index >= 15 is 0 Å². The highest BCUT2D eigenvalue weighted by Crippen LogP contribution is 2.18. The lowest BCUT2D eigenvalue weighted by Crippen LogP contribution is -2.40. The van der Waals surface area contributed by atoms with Gasteiger partial charge in [-0.2, -0.15) is 5.10 Å². The molecule has 1 atom stereocenters. The third kappa shape index (κ3) is 7.02. The van der Waals surface area contributed by atoms with Crippen molar-refractivity contribution in [1.29, 1.82) is 0 Å². The molecule has 1 aliphatic heterocycles. The van der Waals surface area contributed by atoms with E-state index < -0.39 is 0 Å². The van der Waals surface area contributed by atoms with Crippen molar-refractivity contribution in [2.24, 2.45) is 10.9 Å². The number of benzene rings is 1. The third-order valence-corrected chi connectivity index (χ3v) is 5.83. The van der Waals surface area contributed by atoms with Crippen LogP contribution in [0, 0.1) is 19.8 Å². The molecule has 1 aliphatic rings. The summed E-state index contributed by atoms with van der Waals surface area (Å²) in [4.78, 5) is 11.8. The van der Waals surface area contributed by atoms with Crippen LogP contribution in [0.15, 0.2) is 59.7 Å². The number of aliphatic imine (C=N–C) groups is 1. The first kappa shape index (κ1) is 26.2. The zero-order valence-electron chi connectivity index (χ0n) is 20.3. The number of nitrogens with one attached hydrogen (secondary N) is 1. The van der Waals surface area contributed by atoms with E-state index in [1.165, 1.54) is 5.56 Å². The van der Waals surface area contributed by atoms with Crippen LogP contribution in [-0.4, -0.2) is 51.9 Å². The summed E-state index contributed by atoms with van der Waals surface area (Å²) in [5, 5.41) is 7.95. The number of nitrogens with zero attached hydrogens (tertiary/aromatic N) is 5. The summed E-state index contributed by atoms with van der Waals surface area (Å²) < 4.78 is 7.85. The average Bonchev–Trinajstić information content (AvgIpc) is 3.43. The van der Waals surface area contributed by atoms with Gasteiger partial charge in [0.2, 0.25) is 0 Å². The Morgan fingerprint density at radius 3 is 2.65 bits per heavy atom.